The van der Waals surface area contributed by atoms with Gasteiger partial charge >= 0.3 is 0 Å². The number of nitrogens with one attached hydrogen (secondary N) is 2. The third kappa shape index (κ3) is 4.44. The first-order valence-corrected chi connectivity index (χ1v) is 10.9. The lowest BCUT2D eigenvalue weighted by Crippen LogP contribution is -2.14. The number of benzene rings is 2. The first kappa shape index (κ1) is 22.8. The molecule has 0 aliphatic rings. The Morgan fingerprint density at radius 1 is 1.21 bits per heavy atom. The Bertz CT molecular complexity index is 1390. The SMILES string of the molecule is COc1cccc(Cc2nc3c(c(C(C)C)nn3-c3c(Cl)cc(NC=O)cc3Cl)c(=O)[nH]2)c1. The van der Waals surface area contributed by atoms with Gasteiger partial charge in [-0.15, -0.1) is 0 Å². The van der Waals surface area contributed by atoms with Gasteiger partial charge in [-0.1, -0.05) is 49.2 Å². The van der Waals surface area contributed by atoms with Crippen LogP contribution in [0.3, 0.4) is 0 Å². The van der Waals surface area contributed by atoms with Gasteiger partial charge in [-0.3, -0.25) is 9.59 Å². The topological polar surface area (TPSA) is 102 Å². The maximum absolute atomic E-state index is 13.1. The highest BCUT2D eigenvalue weighted by Crippen LogP contribution is 2.34. The number of anilines is 1. The van der Waals surface area contributed by atoms with Crippen LogP contribution in [0, 0.1) is 0 Å². The number of halogens is 2. The van der Waals surface area contributed by atoms with Crippen molar-refractivity contribution in [1.29, 1.82) is 0 Å². The number of nitrogens with zero attached hydrogens (tertiary/aromatic N) is 3. The number of amides is 1. The Hall–Kier alpha value is -3.36. The number of carbonyl (C=O) groups is 1. The van der Waals surface area contributed by atoms with E-state index in [-0.39, 0.29) is 21.5 Å². The summed E-state index contributed by atoms with van der Waals surface area (Å²) in [7, 11) is 1.60. The van der Waals surface area contributed by atoms with Crippen LogP contribution in [0.25, 0.3) is 16.7 Å². The lowest BCUT2D eigenvalue weighted by molar-refractivity contribution is -0.105. The molecule has 2 aromatic carbocycles. The van der Waals surface area contributed by atoms with Crippen LogP contribution in [0.4, 0.5) is 5.69 Å². The van der Waals surface area contributed by atoms with Gasteiger partial charge in [0.05, 0.1) is 22.8 Å². The van der Waals surface area contributed by atoms with Crippen LogP contribution < -0.4 is 15.6 Å². The van der Waals surface area contributed by atoms with E-state index >= 15 is 0 Å². The Morgan fingerprint density at radius 2 is 1.94 bits per heavy atom. The molecule has 0 fully saturated rings. The van der Waals surface area contributed by atoms with Crippen molar-refractivity contribution in [3.63, 3.8) is 0 Å². The Labute approximate surface area is 199 Å². The third-order valence-electron chi connectivity index (χ3n) is 5.12. The van der Waals surface area contributed by atoms with Crippen LogP contribution in [0.2, 0.25) is 10.0 Å². The molecule has 0 unspecified atom stereocenters. The lowest BCUT2D eigenvalue weighted by Gasteiger charge is -2.11. The summed E-state index contributed by atoms with van der Waals surface area (Å²) < 4.78 is 6.77. The van der Waals surface area contributed by atoms with E-state index in [1.54, 1.807) is 19.2 Å². The van der Waals surface area contributed by atoms with Gasteiger partial charge in [0.1, 0.15) is 22.6 Å². The molecule has 2 heterocycles. The molecule has 0 aliphatic carbocycles. The Balaban J connectivity index is 1.92. The second-order valence-corrected chi connectivity index (χ2v) is 8.56. The monoisotopic (exact) mass is 485 g/mol. The van der Waals surface area contributed by atoms with Crippen molar-refractivity contribution in [2.75, 3.05) is 12.4 Å². The number of fused-ring (bicyclic) bond motifs is 1. The largest absolute Gasteiger partial charge is 0.497 e. The standard InChI is InChI=1S/C23H21Cl2N5O3/c1-12(2)20-19-22(30(29-20)21-16(24)9-14(26-11-31)10-17(21)25)27-18(28-23(19)32)8-13-5-4-6-15(7-13)33-3/h4-7,9-12H,8H2,1-3H3,(H,26,31)(H,27,28,32). The maximum Gasteiger partial charge on any atom is 0.262 e. The molecule has 0 atom stereocenters. The van der Waals surface area contributed by atoms with Crippen LogP contribution in [0.15, 0.2) is 41.2 Å². The average Bonchev–Trinajstić information content (AvgIpc) is 3.14. The number of rotatable bonds is 7. The van der Waals surface area contributed by atoms with E-state index in [4.69, 9.17) is 32.9 Å². The number of carbonyl (C=O) groups excluding carboxylic acids is 1. The minimum atomic E-state index is -0.292. The van der Waals surface area contributed by atoms with Crippen LogP contribution >= 0.6 is 23.2 Å². The smallest absolute Gasteiger partial charge is 0.262 e. The van der Waals surface area contributed by atoms with Gasteiger partial charge in [0.15, 0.2) is 5.65 Å². The van der Waals surface area contributed by atoms with E-state index in [1.807, 2.05) is 38.1 Å². The van der Waals surface area contributed by atoms with Crippen molar-refractivity contribution < 1.29 is 9.53 Å². The van der Waals surface area contributed by atoms with Crippen LogP contribution in [-0.4, -0.2) is 33.3 Å². The molecule has 2 N–H and O–H groups in total. The fraction of sp³-hybridized carbons (Fsp3) is 0.217. The zero-order chi connectivity index (χ0) is 23.7. The van der Waals surface area contributed by atoms with Gasteiger partial charge in [0.25, 0.3) is 5.56 Å². The molecule has 0 saturated heterocycles. The van der Waals surface area contributed by atoms with E-state index in [0.717, 1.165) is 5.56 Å². The summed E-state index contributed by atoms with van der Waals surface area (Å²) in [5.74, 6) is 1.13. The van der Waals surface area contributed by atoms with E-state index in [0.29, 0.717) is 52.5 Å². The number of hydrogen-bond donors (Lipinski definition) is 2. The summed E-state index contributed by atoms with van der Waals surface area (Å²) in [6.45, 7) is 3.88. The second-order valence-electron chi connectivity index (χ2n) is 7.74. The van der Waals surface area contributed by atoms with Gasteiger partial charge in [0, 0.05) is 12.1 Å². The molecule has 4 aromatic rings. The number of ether oxygens (including phenoxy) is 1. The predicted molar refractivity (Wildman–Crippen MR) is 129 cm³/mol. The van der Waals surface area contributed by atoms with Gasteiger partial charge < -0.3 is 15.0 Å². The number of aromatic amines is 1. The molecule has 8 nitrogen and oxygen atoms in total. The number of aromatic nitrogens is 4. The molecule has 170 valence electrons. The molecule has 2 aromatic heterocycles. The summed E-state index contributed by atoms with van der Waals surface area (Å²) in [5.41, 5.74) is 2.37. The summed E-state index contributed by atoms with van der Waals surface area (Å²) in [6.07, 6.45) is 0.919. The second kappa shape index (κ2) is 9.25. The van der Waals surface area contributed by atoms with Gasteiger partial charge in [0.2, 0.25) is 6.41 Å². The fourth-order valence-corrected chi connectivity index (χ4v) is 4.28. The predicted octanol–water partition coefficient (Wildman–Crippen LogP) is 4.71. The zero-order valence-electron chi connectivity index (χ0n) is 18.1. The molecule has 0 radical (unpaired) electrons. The number of methoxy groups -OCH3 is 1. The molecule has 33 heavy (non-hydrogen) atoms. The highest BCUT2D eigenvalue weighted by atomic mass is 35.5. The van der Waals surface area contributed by atoms with Crippen molar-refractivity contribution in [2.45, 2.75) is 26.2 Å². The summed E-state index contributed by atoms with van der Waals surface area (Å²) in [4.78, 5) is 31.5. The van der Waals surface area contributed by atoms with Crippen LogP contribution in [0.1, 0.15) is 36.8 Å². The van der Waals surface area contributed by atoms with Gasteiger partial charge in [-0.2, -0.15) is 5.10 Å². The van der Waals surface area contributed by atoms with Crippen LogP contribution in [0.5, 0.6) is 5.75 Å². The van der Waals surface area contributed by atoms with E-state index in [9.17, 15) is 9.59 Å². The highest BCUT2D eigenvalue weighted by molar-refractivity contribution is 6.38. The highest BCUT2D eigenvalue weighted by Gasteiger charge is 2.23. The molecule has 0 spiro atoms. The van der Waals surface area contributed by atoms with Crippen molar-refractivity contribution in [3.05, 3.63) is 73.9 Å². The third-order valence-corrected chi connectivity index (χ3v) is 5.70. The fourth-order valence-electron chi connectivity index (χ4n) is 3.63. The summed E-state index contributed by atoms with van der Waals surface area (Å²) in [6, 6.07) is 10.7. The number of hydrogen-bond acceptors (Lipinski definition) is 5. The Kier molecular flexibility index (Phi) is 6.40. The average molecular weight is 486 g/mol. The van der Waals surface area contributed by atoms with Crippen molar-refractivity contribution in [1.82, 2.24) is 19.7 Å². The van der Waals surface area contributed by atoms with Crippen molar-refractivity contribution in [3.8, 4) is 11.4 Å². The minimum Gasteiger partial charge on any atom is -0.497 e. The van der Waals surface area contributed by atoms with E-state index in [2.05, 4.69) is 15.4 Å². The number of H-pyrrole nitrogens is 1. The molecule has 0 saturated carbocycles. The van der Waals surface area contributed by atoms with Crippen molar-refractivity contribution >= 4 is 46.3 Å². The molecule has 0 aliphatic heterocycles. The molecular formula is C23H21Cl2N5O3. The molecule has 1 amide bonds. The van der Waals surface area contributed by atoms with Gasteiger partial charge in [-0.25, -0.2) is 9.67 Å². The quantitative estimate of drug-likeness (QED) is 0.369. The van der Waals surface area contributed by atoms with Crippen molar-refractivity contribution in [2.24, 2.45) is 0 Å². The zero-order valence-corrected chi connectivity index (χ0v) is 19.7. The maximum atomic E-state index is 13.1. The normalized spacial score (nSPS) is 11.2. The Morgan fingerprint density at radius 3 is 2.58 bits per heavy atom. The lowest BCUT2D eigenvalue weighted by atomic mass is 10.1. The summed E-state index contributed by atoms with van der Waals surface area (Å²) >= 11 is 13.0. The van der Waals surface area contributed by atoms with E-state index in [1.165, 1.54) is 4.68 Å². The van der Waals surface area contributed by atoms with Gasteiger partial charge in [-0.05, 0) is 35.7 Å². The molecule has 10 heteroatoms. The molecule has 4 rings (SSSR count). The first-order valence-electron chi connectivity index (χ1n) is 10.2. The molecule has 0 bridgehead atoms. The summed E-state index contributed by atoms with van der Waals surface area (Å²) in [5, 5.41) is 8.05. The minimum absolute atomic E-state index is 0.0468. The van der Waals surface area contributed by atoms with Crippen LogP contribution in [-0.2, 0) is 11.2 Å². The first-order chi connectivity index (χ1) is 15.8. The molecular weight excluding hydrogens is 465 g/mol. The van der Waals surface area contributed by atoms with E-state index < -0.39 is 0 Å².